The number of carbonyl (C=O) groups is 3. The fourth-order valence-corrected chi connectivity index (χ4v) is 8.48. The van der Waals surface area contributed by atoms with Gasteiger partial charge in [0.2, 0.25) is 5.91 Å². The number of aromatic amines is 1. The van der Waals surface area contributed by atoms with Crippen molar-refractivity contribution >= 4 is 40.4 Å². The minimum Gasteiger partial charge on any atom is -0.344 e. The first kappa shape index (κ1) is 29.8. The molecule has 0 unspecified atom stereocenters. The van der Waals surface area contributed by atoms with Crippen LogP contribution in [0.2, 0.25) is 0 Å². The van der Waals surface area contributed by atoms with E-state index in [1.54, 1.807) is 42.9 Å². The van der Waals surface area contributed by atoms with Gasteiger partial charge in [-0.25, -0.2) is 0 Å². The van der Waals surface area contributed by atoms with E-state index in [1.807, 2.05) is 19.1 Å². The van der Waals surface area contributed by atoms with Crippen LogP contribution < -0.4 is 5.32 Å². The number of aryl methyl sites for hydroxylation is 2. The number of carbonyl (C=O) groups excluding carboxylic acids is 3. The van der Waals surface area contributed by atoms with Gasteiger partial charge in [0, 0.05) is 50.5 Å². The average Bonchev–Trinajstić information content (AvgIpc) is 3.78. The number of likely N-dealkylation sites (tertiary alicyclic amines) is 1. The Kier molecular flexibility index (Phi) is 8.45. The summed E-state index contributed by atoms with van der Waals surface area (Å²) in [7, 11) is 6.93. The van der Waals surface area contributed by atoms with E-state index in [9.17, 15) is 19.6 Å². The molecule has 3 amide bonds. The fraction of sp³-hybridized carbons (Fsp3) is 0.536. The highest BCUT2D eigenvalue weighted by Crippen LogP contribution is 2.50. The second kappa shape index (κ2) is 11.9. The smallest absolute Gasteiger partial charge is 0.263 e. The minimum absolute atomic E-state index is 0.0847. The number of aromatic nitrogens is 4. The predicted octanol–water partition coefficient (Wildman–Crippen LogP) is 2.04. The molecule has 1 saturated heterocycles. The maximum Gasteiger partial charge on any atom is 0.263 e. The summed E-state index contributed by atoms with van der Waals surface area (Å²) >= 11 is 2.96. The minimum atomic E-state index is -0.935. The predicted molar refractivity (Wildman–Crippen MR) is 159 cm³/mol. The number of nitrogens with zero attached hydrogens (tertiary/aromatic N) is 7. The first-order valence-electron chi connectivity index (χ1n) is 13.9. The van der Waals surface area contributed by atoms with Gasteiger partial charge in [0.25, 0.3) is 11.8 Å². The molecule has 2 N–H and O–H groups in total. The van der Waals surface area contributed by atoms with Gasteiger partial charge in [0.15, 0.2) is 5.82 Å². The zero-order valence-electron chi connectivity index (χ0n) is 24.4. The van der Waals surface area contributed by atoms with E-state index in [0.29, 0.717) is 47.8 Å². The molecule has 3 aromatic rings. The molecule has 5 rings (SSSR count). The number of hydrogen-bond donors (Lipinski definition) is 2. The van der Waals surface area contributed by atoms with Gasteiger partial charge in [-0.1, -0.05) is 5.21 Å². The molecule has 1 aliphatic heterocycles. The average molecular weight is 610 g/mol. The van der Waals surface area contributed by atoms with Crippen LogP contribution in [0, 0.1) is 11.3 Å². The molecule has 4 heterocycles. The maximum absolute atomic E-state index is 13.1. The molecule has 0 radical (unpaired) electrons. The Morgan fingerprint density at radius 2 is 1.71 bits per heavy atom. The van der Waals surface area contributed by atoms with Crippen molar-refractivity contribution in [1.29, 1.82) is 5.26 Å². The zero-order valence-corrected chi connectivity index (χ0v) is 26.1. The molecule has 0 spiro atoms. The third-order valence-corrected chi connectivity index (χ3v) is 10.4. The molecule has 1 fully saturated rings. The van der Waals surface area contributed by atoms with Crippen LogP contribution in [-0.2, 0) is 23.1 Å². The molecule has 0 bridgehead atoms. The summed E-state index contributed by atoms with van der Waals surface area (Å²) in [5, 5.41) is 28.4. The van der Waals surface area contributed by atoms with Crippen LogP contribution in [0.25, 0.3) is 0 Å². The van der Waals surface area contributed by atoms with Gasteiger partial charge in [-0.15, -0.1) is 32.9 Å². The fourth-order valence-electron chi connectivity index (χ4n) is 5.96. The number of thiophene rings is 2. The Morgan fingerprint density at radius 1 is 1.12 bits per heavy atom. The summed E-state index contributed by atoms with van der Waals surface area (Å²) in [4.78, 5) is 47.4. The van der Waals surface area contributed by atoms with Gasteiger partial charge in [-0.05, 0) is 62.3 Å². The van der Waals surface area contributed by atoms with Crippen molar-refractivity contribution in [1.82, 2.24) is 40.6 Å². The number of fused-ring (bicyclic) bond motifs is 2. The number of H-pyrrole nitrogens is 1. The SMILES string of the molecule is C[C@H](CC1(c2nn[nH]n2)c2cc(C(=O)N(C)C)sc2CCc2sc(C(=O)N(C)C)cc21)NCC(=O)N1CCC[C@H]1C#N. The van der Waals surface area contributed by atoms with Gasteiger partial charge < -0.3 is 20.0 Å². The van der Waals surface area contributed by atoms with Crippen molar-refractivity contribution in [2.24, 2.45) is 0 Å². The lowest BCUT2D eigenvalue weighted by Crippen LogP contribution is -2.45. The van der Waals surface area contributed by atoms with Crippen molar-refractivity contribution in [3.8, 4) is 6.07 Å². The largest absolute Gasteiger partial charge is 0.344 e. The molecule has 0 aromatic carbocycles. The van der Waals surface area contributed by atoms with Crippen molar-refractivity contribution in [2.75, 3.05) is 41.3 Å². The second-order valence-corrected chi connectivity index (χ2v) is 13.6. The number of amides is 3. The lowest BCUT2D eigenvalue weighted by atomic mass is 9.70. The Bertz CT molecular complexity index is 1450. The molecule has 42 heavy (non-hydrogen) atoms. The van der Waals surface area contributed by atoms with Gasteiger partial charge in [-0.3, -0.25) is 14.4 Å². The molecule has 2 atom stereocenters. The Hall–Kier alpha value is -3.67. The molecule has 2 aliphatic rings. The van der Waals surface area contributed by atoms with E-state index in [4.69, 9.17) is 0 Å². The number of nitrogens with one attached hydrogen (secondary N) is 2. The van der Waals surface area contributed by atoms with Crippen LogP contribution in [0.4, 0.5) is 0 Å². The Labute approximate surface area is 252 Å². The standard InChI is InChI=1S/C28H35N9O3S2/c1-16(30-15-24(38)37-10-6-7-17(37)14-29)13-28(27-31-33-34-32-27)18-11-22(25(39)35(2)3)41-20(18)8-9-21-19(28)12-23(42-21)26(40)36(4)5/h11-12,16-17,30H,6-10,13,15H2,1-5H3,(H,31,32,33,34)/t16-,17+/m1/s1. The van der Waals surface area contributed by atoms with E-state index in [-0.39, 0.29) is 36.3 Å². The van der Waals surface area contributed by atoms with Crippen LogP contribution in [0.15, 0.2) is 12.1 Å². The monoisotopic (exact) mass is 609 g/mol. The van der Waals surface area contributed by atoms with Crippen LogP contribution >= 0.6 is 22.7 Å². The van der Waals surface area contributed by atoms with E-state index in [0.717, 1.165) is 27.3 Å². The lowest BCUT2D eigenvalue weighted by molar-refractivity contribution is -0.130. The normalized spacial score (nSPS) is 18.0. The molecular formula is C28H35N9O3S2. The summed E-state index contributed by atoms with van der Waals surface area (Å²) < 4.78 is 0. The van der Waals surface area contributed by atoms with Crippen LogP contribution in [0.3, 0.4) is 0 Å². The topological polar surface area (TPSA) is 151 Å². The number of hydrogen-bond acceptors (Lipinski definition) is 10. The highest BCUT2D eigenvalue weighted by Gasteiger charge is 2.48. The molecular weight excluding hydrogens is 575 g/mol. The lowest BCUT2D eigenvalue weighted by Gasteiger charge is -2.34. The van der Waals surface area contributed by atoms with Crippen molar-refractivity contribution in [3.63, 3.8) is 0 Å². The Balaban J connectivity index is 1.59. The van der Waals surface area contributed by atoms with Crippen molar-refractivity contribution in [3.05, 3.63) is 48.6 Å². The molecule has 222 valence electrons. The number of tetrazole rings is 1. The van der Waals surface area contributed by atoms with E-state index >= 15 is 0 Å². The first-order chi connectivity index (χ1) is 20.1. The van der Waals surface area contributed by atoms with Crippen molar-refractivity contribution < 1.29 is 14.4 Å². The molecule has 1 aliphatic carbocycles. The molecule has 0 saturated carbocycles. The third kappa shape index (κ3) is 5.32. The van der Waals surface area contributed by atoms with E-state index in [2.05, 4.69) is 32.0 Å². The zero-order chi connectivity index (χ0) is 30.2. The van der Waals surface area contributed by atoms with Crippen LogP contribution in [0.1, 0.15) is 72.2 Å². The highest BCUT2D eigenvalue weighted by molar-refractivity contribution is 7.15. The summed E-state index contributed by atoms with van der Waals surface area (Å²) in [6, 6.07) is 5.52. The second-order valence-electron chi connectivity index (χ2n) is 11.3. The highest BCUT2D eigenvalue weighted by atomic mass is 32.1. The van der Waals surface area contributed by atoms with Crippen molar-refractivity contribution in [2.45, 2.75) is 56.5 Å². The van der Waals surface area contributed by atoms with Crippen LogP contribution in [-0.4, -0.2) is 106 Å². The molecule has 14 heteroatoms. The van der Waals surface area contributed by atoms with Gasteiger partial charge >= 0.3 is 0 Å². The van der Waals surface area contributed by atoms with Gasteiger partial charge in [0.05, 0.1) is 27.8 Å². The summed E-state index contributed by atoms with van der Waals surface area (Å²) in [5.74, 6) is 0.168. The summed E-state index contributed by atoms with van der Waals surface area (Å²) in [5.41, 5.74) is 0.905. The number of nitriles is 1. The Morgan fingerprint density at radius 3 is 2.21 bits per heavy atom. The molecule has 3 aromatic heterocycles. The summed E-state index contributed by atoms with van der Waals surface area (Å²) in [6.07, 6.45) is 3.37. The third-order valence-electron chi connectivity index (χ3n) is 8.01. The molecule has 12 nitrogen and oxygen atoms in total. The number of rotatable bonds is 8. The van der Waals surface area contributed by atoms with Crippen LogP contribution in [0.5, 0.6) is 0 Å². The first-order valence-corrected chi connectivity index (χ1v) is 15.6. The van der Waals surface area contributed by atoms with E-state index < -0.39 is 5.41 Å². The van der Waals surface area contributed by atoms with Gasteiger partial charge in [0.1, 0.15) is 6.04 Å². The quantitative estimate of drug-likeness (QED) is 0.394. The van der Waals surface area contributed by atoms with E-state index in [1.165, 1.54) is 22.7 Å². The maximum atomic E-state index is 13.1. The summed E-state index contributed by atoms with van der Waals surface area (Å²) in [6.45, 7) is 2.67. The van der Waals surface area contributed by atoms with Gasteiger partial charge in [-0.2, -0.15) is 10.5 Å².